The Morgan fingerprint density at radius 3 is 2.57 bits per heavy atom. The van der Waals surface area contributed by atoms with Gasteiger partial charge >= 0.3 is 0 Å². The van der Waals surface area contributed by atoms with E-state index in [0.29, 0.717) is 11.9 Å². The molecule has 1 aromatic rings. The molecule has 2 atom stereocenters. The van der Waals surface area contributed by atoms with E-state index >= 15 is 0 Å². The van der Waals surface area contributed by atoms with Gasteiger partial charge in [0, 0.05) is 22.8 Å². The molecule has 0 N–H and O–H groups in total. The van der Waals surface area contributed by atoms with Crippen molar-refractivity contribution >= 4 is 17.2 Å². The zero-order valence-electron chi connectivity index (χ0n) is 14.1. The van der Waals surface area contributed by atoms with E-state index in [1.807, 2.05) is 11.3 Å². The number of carbonyl (C=O) groups excluding carboxylic acids is 1. The maximum absolute atomic E-state index is 13.1. The van der Waals surface area contributed by atoms with Gasteiger partial charge in [-0.05, 0) is 56.4 Å². The molecule has 3 aliphatic rings. The Morgan fingerprint density at radius 1 is 0.957 bits per heavy atom. The number of fused-ring (bicyclic) bond motifs is 1. The molecule has 4 rings (SSSR count). The van der Waals surface area contributed by atoms with Crippen LogP contribution in [0.2, 0.25) is 0 Å². The van der Waals surface area contributed by atoms with Gasteiger partial charge in [-0.2, -0.15) is 0 Å². The van der Waals surface area contributed by atoms with E-state index in [4.69, 9.17) is 0 Å². The smallest absolute Gasteiger partial charge is 0.254 e. The molecular formula is C20H29NOS. The third kappa shape index (κ3) is 3.22. The summed E-state index contributed by atoms with van der Waals surface area (Å²) in [7, 11) is 0. The van der Waals surface area contributed by atoms with Crippen molar-refractivity contribution in [2.45, 2.75) is 82.6 Å². The quantitative estimate of drug-likeness (QED) is 0.691. The first-order valence-corrected chi connectivity index (χ1v) is 10.6. The van der Waals surface area contributed by atoms with E-state index < -0.39 is 0 Å². The van der Waals surface area contributed by atoms with E-state index in [1.165, 1.54) is 75.5 Å². The third-order valence-corrected chi connectivity index (χ3v) is 7.47. The molecule has 2 heterocycles. The van der Waals surface area contributed by atoms with Gasteiger partial charge in [0.2, 0.25) is 0 Å². The summed E-state index contributed by atoms with van der Waals surface area (Å²) in [6.45, 7) is 0.981. The normalized spacial score (nSPS) is 29.3. The van der Waals surface area contributed by atoms with E-state index in [-0.39, 0.29) is 0 Å². The number of carbonyl (C=O) groups is 1. The Labute approximate surface area is 144 Å². The van der Waals surface area contributed by atoms with Crippen molar-refractivity contribution in [3.05, 3.63) is 21.9 Å². The number of hydrogen-bond acceptors (Lipinski definition) is 2. The van der Waals surface area contributed by atoms with Crippen molar-refractivity contribution in [2.75, 3.05) is 6.54 Å². The number of thiophene rings is 1. The number of hydrogen-bond donors (Lipinski definition) is 0. The summed E-state index contributed by atoms with van der Waals surface area (Å²) in [4.78, 5) is 16.8. The van der Waals surface area contributed by atoms with E-state index in [1.54, 1.807) is 0 Å². The predicted molar refractivity (Wildman–Crippen MR) is 96.2 cm³/mol. The molecule has 1 saturated heterocycles. The van der Waals surface area contributed by atoms with Gasteiger partial charge in [-0.15, -0.1) is 11.3 Å². The van der Waals surface area contributed by atoms with E-state index in [2.05, 4.69) is 16.3 Å². The van der Waals surface area contributed by atoms with Crippen LogP contribution in [0, 0.1) is 5.92 Å². The Morgan fingerprint density at radius 2 is 1.70 bits per heavy atom. The summed E-state index contributed by atoms with van der Waals surface area (Å²) in [5, 5.41) is 2.14. The second-order valence-corrected chi connectivity index (χ2v) is 8.77. The van der Waals surface area contributed by atoms with Crippen molar-refractivity contribution in [2.24, 2.45) is 5.92 Å². The molecule has 2 saturated carbocycles. The highest BCUT2D eigenvalue weighted by Crippen LogP contribution is 2.38. The largest absolute Gasteiger partial charge is 0.335 e. The fraction of sp³-hybridized carbons (Fsp3) is 0.750. The lowest BCUT2D eigenvalue weighted by Crippen LogP contribution is -2.49. The lowest BCUT2D eigenvalue weighted by atomic mass is 9.78. The lowest BCUT2D eigenvalue weighted by Gasteiger charge is -2.44. The fourth-order valence-electron chi connectivity index (χ4n) is 5.11. The van der Waals surface area contributed by atoms with Gasteiger partial charge < -0.3 is 4.90 Å². The highest BCUT2D eigenvalue weighted by molar-refractivity contribution is 7.10. The van der Waals surface area contributed by atoms with Crippen LogP contribution in [0.15, 0.2) is 11.4 Å². The monoisotopic (exact) mass is 331 g/mol. The van der Waals surface area contributed by atoms with Crippen LogP contribution < -0.4 is 0 Å². The van der Waals surface area contributed by atoms with Crippen LogP contribution in [-0.2, 0) is 0 Å². The summed E-state index contributed by atoms with van der Waals surface area (Å²) in [5.41, 5.74) is 0.974. The highest BCUT2D eigenvalue weighted by Gasteiger charge is 2.36. The van der Waals surface area contributed by atoms with Crippen molar-refractivity contribution < 1.29 is 4.79 Å². The number of nitrogens with zero attached hydrogens (tertiary/aromatic N) is 1. The topological polar surface area (TPSA) is 20.3 Å². The molecule has 0 bridgehead atoms. The number of piperidine rings is 1. The average molecular weight is 332 g/mol. The molecule has 2 unspecified atom stereocenters. The van der Waals surface area contributed by atoms with Gasteiger partial charge in [0.1, 0.15) is 0 Å². The minimum absolute atomic E-state index is 0.319. The minimum Gasteiger partial charge on any atom is -0.335 e. The Hall–Kier alpha value is -0.830. The first-order chi connectivity index (χ1) is 11.3. The lowest BCUT2D eigenvalue weighted by molar-refractivity contribution is 0.0391. The maximum Gasteiger partial charge on any atom is 0.254 e. The van der Waals surface area contributed by atoms with E-state index in [0.717, 1.165) is 23.9 Å². The Kier molecular flexibility index (Phi) is 4.75. The predicted octanol–water partition coefficient (Wildman–Crippen LogP) is 5.59. The molecule has 0 spiro atoms. The molecule has 3 fully saturated rings. The van der Waals surface area contributed by atoms with Crippen molar-refractivity contribution in [3.8, 4) is 0 Å². The molecule has 1 amide bonds. The molecule has 23 heavy (non-hydrogen) atoms. The first-order valence-electron chi connectivity index (χ1n) is 9.72. The minimum atomic E-state index is 0.319. The van der Waals surface area contributed by atoms with Crippen LogP contribution in [0.1, 0.15) is 91.8 Å². The van der Waals surface area contributed by atoms with Crippen molar-refractivity contribution in [1.29, 1.82) is 0 Å². The molecule has 0 aromatic carbocycles. The standard InChI is InChI=1S/C20H29NOS/c22-20(21-12-6-10-15-7-4-5-11-18(15)21)17-13-19(23-14-17)16-8-2-1-3-9-16/h13-16,18H,1-12H2. The highest BCUT2D eigenvalue weighted by atomic mass is 32.1. The maximum atomic E-state index is 13.1. The van der Waals surface area contributed by atoms with E-state index in [9.17, 15) is 4.79 Å². The van der Waals surface area contributed by atoms with Crippen LogP contribution in [0.25, 0.3) is 0 Å². The number of rotatable bonds is 2. The van der Waals surface area contributed by atoms with Crippen molar-refractivity contribution in [1.82, 2.24) is 4.90 Å². The average Bonchev–Trinajstić information content (AvgIpc) is 3.11. The second kappa shape index (κ2) is 6.96. The number of likely N-dealkylation sites (tertiary alicyclic amines) is 1. The van der Waals surface area contributed by atoms with Gasteiger partial charge in [0.25, 0.3) is 5.91 Å². The van der Waals surface area contributed by atoms with Gasteiger partial charge in [-0.1, -0.05) is 32.1 Å². The molecule has 3 heteroatoms. The van der Waals surface area contributed by atoms with Crippen LogP contribution >= 0.6 is 11.3 Å². The van der Waals surface area contributed by atoms with Gasteiger partial charge in [0.05, 0.1) is 5.56 Å². The van der Waals surface area contributed by atoms with Crippen LogP contribution in [0.5, 0.6) is 0 Å². The SMILES string of the molecule is O=C(c1csc(C2CCCCC2)c1)N1CCCC2CCCCC21. The summed E-state index contributed by atoms with van der Waals surface area (Å²) in [5.74, 6) is 1.82. The van der Waals surface area contributed by atoms with Crippen LogP contribution in [0.3, 0.4) is 0 Å². The summed E-state index contributed by atoms with van der Waals surface area (Å²) in [6.07, 6.45) is 14.5. The molecule has 0 radical (unpaired) electrons. The van der Waals surface area contributed by atoms with Crippen molar-refractivity contribution in [3.63, 3.8) is 0 Å². The van der Waals surface area contributed by atoms with Gasteiger partial charge in [0.15, 0.2) is 0 Å². The summed E-state index contributed by atoms with van der Waals surface area (Å²) >= 11 is 1.83. The first kappa shape index (κ1) is 15.7. The summed E-state index contributed by atoms with van der Waals surface area (Å²) in [6, 6.07) is 2.76. The fourth-order valence-corrected chi connectivity index (χ4v) is 6.16. The molecule has 126 valence electrons. The molecule has 2 aliphatic carbocycles. The van der Waals surface area contributed by atoms with Crippen LogP contribution in [-0.4, -0.2) is 23.4 Å². The molecular weight excluding hydrogens is 302 g/mol. The zero-order valence-corrected chi connectivity index (χ0v) is 15.0. The second-order valence-electron chi connectivity index (χ2n) is 7.83. The van der Waals surface area contributed by atoms with Crippen LogP contribution in [0.4, 0.5) is 0 Å². The molecule has 1 aliphatic heterocycles. The molecule has 2 nitrogen and oxygen atoms in total. The Balaban J connectivity index is 1.48. The summed E-state index contributed by atoms with van der Waals surface area (Å²) < 4.78 is 0. The third-order valence-electron chi connectivity index (χ3n) is 6.38. The molecule has 1 aromatic heterocycles. The Bertz CT molecular complexity index is 544. The van der Waals surface area contributed by atoms with Gasteiger partial charge in [-0.3, -0.25) is 4.79 Å². The van der Waals surface area contributed by atoms with Gasteiger partial charge in [-0.25, -0.2) is 0 Å². The number of amides is 1. The zero-order chi connectivity index (χ0) is 15.6.